The van der Waals surface area contributed by atoms with Crippen LogP contribution in [-0.4, -0.2) is 12.6 Å². The lowest BCUT2D eigenvalue weighted by atomic mass is 9.79. The average Bonchev–Trinajstić information content (AvgIpc) is 3.01. The van der Waals surface area contributed by atoms with Crippen molar-refractivity contribution in [3.63, 3.8) is 0 Å². The van der Waals surface area contributed by atoms with Gasteiger partial charge in [0.2, 0.25) is 0 Å². The standard InChI is InChI=1S/C21H14ClNO2/c22-14-8-5-13(6-9-14)18-19-15-4-2-1-3-12(15)7-10-16(19)23-17-11-25-21(24)20(17)18/h1-10,18,23H,11H2. The largest absolute Gasteiger partial charge is 0.456 e. The van der Waals surface area contributed by atoms with Gasteiger partial charge < -0.3 is 10.1 Å². The summed E-state index contributed by atoms with van der Waals surface area (Å²) >= 11 is 6.07. The highest BCUT2D eigenvalue weighted by atomic mass is 35.5. The van der Waals surface area contributed by atoms with E-state index in [1.165, 1.54) is 0 Å². The summed E-state index contributed by atoms with van der Waals surface area (Å²) in [6.45, 7) is 0.296. The number of fused-ring (bicyclic) bond motifs is 3. The van der Waals surface area contributed by atoms with Crippen molar-refractivity contribution in [1.29, 1.82) is 0 Å². The predicted octanol–water partition coefficient (Wildman–Crippen LogP) is 4.86. The smallest absolute Gasteiger partial charge is 0.337 e. The molecule has 0 spiro atoms. The topological polar surface area (TPSA) is 38.3 Å². The van der Waals surface area contributed by atoms with Gasteiger partial charge in [-0.15, -0.1) is 0 Å². The molecule has 1 N–H and O–H groups in total. The van der Waals surface area contributed by atoms with Crippen molar-refractivity contribution in [2.45, 2.75) is 5.92 Å². The van der Waals surface area contributed by atoms with Crippen LogP contribution in [-0.2, 0) is 9.53 Å². The Kier molecular flexibility index (Phi) is 3.12. The normalized spacial score (nSPS) is 18.6. The third-order valence-corrected chi connectivity index (χ3v) is 5.18. The van der Waals surface area contributed by atoms with Crippen molar-refractivity contribution in [3.05, 3.63) is 88.1 Å². The van der Waals surface area contributed by atoms with Gasteiger partial charge in [0.05, 0.1) is 11.3 Å². The van der Waals surface area contributed by atoms with Crippen molar-refractivity contribution in [2.75, 3.05) is 11.9 Å². The molecule has 5 rings (SSSR count). The molecule has 3 aromatic carbocycles. The molecule has 3 aromatic rings. The molecule has 2 aliphatic heterocycles. The average molecular weight is 348 g/mol. The maximum absolute atomic E-state index is 12.5. The number of rotatable bonds is 1. The van der Waals surface area contributed by atoms with Crippen LogP contribution < -0.4 is 5.32 Å². The minimum Gasteiger partial charge on any atom is -0.456 e. The summed E-state index contributed by atoms with van der Waals surface area (Å²) in [7, 11) is 0. The summed E-state index contributed by atoms with van der Waals surface area (Å²) < 4.78 is 5.32. The van der Waals surface area contributed by atoms with Gasteiger partial charge in [0.1, 0.15) is 6.61 Å². The van der Waals surface area contributed by atoms with Crippen molar-refractivity contribution >= 4 is 34.0 Å². The highest BCUT2D eigenvalue weighted by molar-refractivity contribution is 6.30. The van der Waals surface area contributed by atoms with Gasteiger partial charge in [-0.2, -0.15) is 0 Å². The lowest BCUT2D eigenvalue weighted by Gasteiger charge is -2.28. The van der Waals surface area contributed by atoms with E-state index in [2.05, 4.69) is 29.6 Å². The number of nitrogens with one attached hydrogen (secondary N) is 1. The van der Waals surface area contributed by atoms with Crippen LogP contribution in [0.3, 0.4) is 0 Å². The second kappa shape index (κ2) is 5.36. The molecule has 0 aliphatic carbocycles. The molecule has 1 atom stereocenters. The zero-order valence-electron chi connectivity index (χ0n) is 13.3. The number of carbonyl (C=O) groups is 1. The van der Waals surface area contributed by atoms with E-state index >= 15 is 0 Å². The van der Waals surface area contributed by atoms with Gasteiger partial charge in [-0.05, 0) is 40.1 Å². The number of cyclic esters (lactones) is 1. The molecule has 0 fully saturated rings. The molecule has 0 aromatic heterocycles. The zero-order valence-corrected chi connectivity index (χ0v) is 14.0. The molecule has 2 heterocycles. The third-order valence-electron chi connectivity index (χ3n) is 4.93. The van der Waals surface area contributed by atoms with Gasteiger partial charge in [-0.1, -0.05) is 54.1 Å². The van der Waals surface area contributed by atoms with Crippen molar-refractivity contribution in [2.24, 2.45) is 0 Å². The molecule has 3 nitrogen and oxygen atoms in total. The molecule has 0 bridgehead atoms. The number of ether oxygens (including phenoxy) is 1. The predicted molar refractivity (Wildman–Crippen MR) is 98.9 cm³/mol. The Labute approximate surface area is 149 Å². The molecule has 4 heteroatoms. The summed E-state index contributed by atoms with van der Waals surface area (Å²) in [5.74, 6) is -0.411. The van der Waals surface area contributed by atoms with Crippen molar-refractivity contribution in [1.82, 2.24) is 0 Å². The van der Waals surface area contributed by atoms with Crippen LogP contribution >= 0.6 is 11.6 Å². The van der Waals surface area contributed by atoms with Gasteiger partial charge in [0, 0.05) is 16.6 Å². The van der Waals surface area contributed by atoms with Crippen molar-refractivity contribution < 1.29 is 9.53 Å². The van der Waals surface area contributed by atoms with E-state index in [9.17, 15) is 4.79 Å². The monoisotopic (exact) mass is 347 g/mol. The van der Waals surface area contributed by atoms with E-state index in [0.29, 0.717) is 17.2 Å². The molecule has 2 aliphatic rings. The van der Waals surface area contributed by atoms with E-state index in [1.807, 2.05) is 36.4 Å². The van der Waals surface area contributed by atoms with Crippen molar-refractivity contribution in [3.8, 4) is 0 Å². The van der Waals surface area contributed by atoms with Crippen LogP contribution in [0.25, 0.3) is 10.8 Å². The first-order valence-electron chi connectivity index (χ1n) is 8.16. The maximum Gasteiger partial charge on any atom is 0.337 e. The number of halogens is 1. The first-order chi connectivity index (χ1) is 12.2. The summed E-state index contributed by atoms with van der Waals surface area (Å²) in [6.07, 6.45) is 0. The highest BCUT2D eigenvalue weighted by Crippen LogP contribution is 2.47. The van der Waals surface area contributed by atoms with E-state index in [0.717, 1.165) is 33.3 Å². The Balaban J connectivity index is 1.83. The first kappa shape index (κ1) is 14.6. The lowest BCUT2D eigenvalue weighted by molar-refractivity contribution is -0.136. The molecule has 0 radical (unpaired) electrons. The Morgan fingerprint density at radius 3 is 2.64 bits per heavy atom. The highest BCUT2D eigenvalue weighted by Gasteiger charge is 2.39. The Morgan fingerprint density at radius 2 is 1.80 bits per heavy atom. The fourth-order valence-electron chi connectivity index (χ4n) is 3.82. The number of hydrogen-bond acceptors (Lipinski definition) is 3. The van der Waals surface area contributed by atoms with E-state index < -0.39 is 0 Å². The lowest BCUT2D eigenvalue weighted by Crippen LogP contribution is -2.20. The number of esters is 1. The van der Waals surface area contributed by atoms with E-state index in [-0.39, 0.29) is 11.9 Å². The summed E-state index contributed by atoms with van der Waals surface area (Å²) in [5, 5.41) is 6.37. The molecular formula is C21H14ClNO2. The Morgan fingerprint density at radius 1 is 1.00 bits per heavy atom. The number of carbonyl (C=O) groups excluding carboxylic acids is 1. The molecule has 122 valence electrons. The molecule has 0 saturated heterocycles. The minimum atomic E-state index is -0.249. The molecular weight excluding hydrogens is 334 g/mol. The van der Waals surface area contributed by atoms with Crippen LogP contribution in [0.4, 0.5) is 5.69 Å². The zero-order chi connectivity index (χ0) is 17.0. The van der Waals surface area contributed by atoms with Crippen LogP contribution in [0.5, 0.6) is 0 Å². The Bertz CT molecular complexity index is 1050. The molecule has 0 saturated carbocycles. The maximum atomic E-state index is 12.5. The number of hydrogen-bond donors (Lipinski definition) is 1. The SMILES string of the molecule is O=C1OCC2=C1C(c1ccc(Cl)cc1)c1c(ccc3ccccc13)N2. The van der Waals surface area contributed by atoms with E-state index in [1.54, 1.807) is 0 Å². The third kappa shape index (κ3) is 2.16. The Hall–Kier alpha value is -2.78. The summed E-state index contributed by atoms with van der Waals surface area (Å²) in [4.78, 5) is 12.5. The minimum absolute atomic E-state index is 0.162. The second-order valence-electron chi connectivity index (χ2n) is 6.33. The van der Waals surface area contributed by atoms with Crippen LogP contribution in [0.2, 0.25) is 5.02 Å². The number of benzene rings is 3. The summed E-state index contributed by atoms with van der Waals surface area (Å²) in [6, 6.07) is 20.1. The quantitative estimate of drug-likeness (QED) is 0.639. The van der Waals surface area contributed by atoms with Gasteiger partial charge >= 0.3 is 5.97 Å². The van der Waals surface area contributed by atoms with Crippen LogP contribution in [0.1, 0.15) is 17.0 Å². The van der Waals surface area contributed by atoms with Gasteiger partial charge in [0.15, 0.2) is 0 Å². The first-order valence-corrected chi connectivity index (χ1v) is 8.54. The molecule has 25 heavy (non-hydrogen) atoms. The van der Waals surface area contributed by atoms with E-state index in [4.69, 9.17) is 16.3 Å². The van der Waals surface area contributed by atoms with Crippen LogP contribution in [0.15, 0.2) is 71.9 Å². The van der Waals surface area contributed by atoms with Crippen LogP contribution in [0, 0.1) is 0 Å². The van der Waals surface area contributed by atoms with Gasteiger partial charge in [-0.25, -0.2) is 4.79 Å². The fourth-order valence-corrected chi connectivity index (χ4v) is 3.95. The van der Waals surface area contributed by atoms with Gasteiger partial charge in [0.25, 0.3) is 0 Å². The second-order valence-corrected chi connectivity index (χ2v) is 6.76. The number of anilines is 1. The fraction of sp³-hybridized carbons (Fsp3) is 0.0952. The molecule has 1 unspecified atom stereocenters. The molecule has 0 amide bonds. The summed E-state index contributed by atoms with van der Waals surface area (Å²) in [5.41, 5.74) is 4.72. The van der Waals surface area contributed by atoms with Gasteiger partial charge in [-0.3, -0.25) is 0 Å².